The van der Waals surface area contributed by atoms with Gasteiger partial charge >= 0.3 is 0 Å². The third kappa shape index (κ3) is 3.12. The maximum atomic E-state index is 12.5. The van der Waals surface area contributed by atoms with Crippen LogP contribution in [0.5, 0.6) is 0 Å². The van der Waals surface area contributed by atoms with E-state index in [0.717, 1.165) is 23.6 Å². The van der Waals surface area contributed by atoms with Gasteiger partial charge in [0.15, 0.2) is 0 Å². The predicted octanol–water partition coefficient (Wildman–Crippen LogP) is 1.02. The average Bonchev–Trinajstić information content (AvgIpc) is 2.90. The third-order valence-corrected chi connectivity index (χ3v) is 4.47. The molecule has 2 atom stereocenters. The van der Waals surface area contributed by atoms with E-state index in [0.29, 0.717) is 19.0 Å². The van der Waals surface area contributed by atoms with Crippen LogP contribution in [0.25, 0.3) is 0 Å². The molecular weight excluding hydrogens is 260 g/mol. The lowest BCUT2D eigenvalue weighted by Crippen LogP contribution is -2.51. The number of fused-ring (bicyclic) bond motifs is 1. The highest BCUT2D eigenvalue weighted by molar-refractivity contribution is 7.98. The number of imidazole rings is 1. The Labute approximate surface area is 118 Å². The molecule has 0 bridgehead atoms. The molecule has 106 valence electrons. The zero-order chi connectivity index (χ0) is 13.8. The van der Waals surface area contributed by atoms with Gasteiger partial charge in [0.2, 0.25) is 5.91 Å². The smallest absolute Gasteiger partial charge is 0.240 e. The predicted molar refractivity (Wildman–Crippen MR) is 78.2 cm³/mol. The van der Waals surface area contributed by atoms with Gasteiger partial charge in [-0.1, -0.05) is 6.92 Å². The van der Waals surface area contributed by atoms with Gasteiger partial charge in [0.1, 0.15) is 0 Å². The number of H-pyrrole nitrogens is 1. The lowest BCUT2D eigenvalue weighted by Gasteiger charge is -2.32. The number of aromatic amines is 1. The van der Waals surface area contributed by atoms with Crippen LogP contribution in [-0.2, 0) is 17.8 Å². The van der Waals surface area contributed by atoms with Crippen molar-refractivity contribution < 1.29 is 4.79 Å². The number of rotatable bonds is 5. The minimum atomic E-state index is -0.142. The third-order valence-electron chi connectivity index (χ3n) is 3.75. The molecule has 6 heteroatoms. The molecule has 2 unspecified atom stereocenters. The van der Waals surface area contributed by atoms with Gasteiger partial charge in [-0.05, 0) is 12.7 Å². The fourth-order valence-corrected chi connectivity index (χ4v) is 3.31. The molecular formula is C13H22N4OS. The molecule has 0 saturated heterocycles. The van der Waals surface area contributed by atoms with Crippen molar-refractivity contribution in [2.24, 2.45) is 0 Å². The zero-order valence-electron chi connectivity index (χ0n) is 11.8. The molecule has 2 heterocycles. The first-order valence-electron chi connectivity index (χ1n) is 6.67. The van der Waals surface area contributed by atoms with E-state index in [9.17, 15) is 4.79 Å². The summed E-state index contributed by atoms with van der Waals surface area (Å²) in [6.07, 6.45) is 5.45. The standard InChI is InChI=1S/C13H22N4OS/c1-4-9(7-19-3)17(2)13(18)11-5-10-12(6-14-11)16-8-15-10/h8-9,11,14H,4-7H2,1-3H3,(H,15,16). The molecule has 2 rings (SSSR count). The molecule has 5 nitrogen and oxygen atoms in total. The first kappa shape index (κ1) is 14.4. The summed E-state index contributed by atoms with van der Waals surface area (Å²) in [5.41, 5.74) is 2.12. The van der Waals surface area contributed by atoms with Crippen LogP contribution in [0.15, 0.2) is 6.33 Å². The summed E-state index contributed by atoms with van der Waals surface area (Å²) in [6, 6.07) is 0.168. The molecule has 0 fully saturated rings. The van der Waals surface area contributed by atoms with Crippen molar-refractivity contribution in [3.63, 3.8) is 0 Å². The number of likely N-dealkylation sites (N-methyl/N-ethyl adjacent to an activating group) is 1. The maximum absolute atomic E-state index is 12.5. The quantitative estimate of drug-likeness (QED) is 0.846. The van der Waals surface area contributed by atoms with E-state index in [1.807, 2.05) is 11.9 Å². The van der Waals surface area contributed by atoms with Gasteiger partial charge in [-0.15, -0.1) is 0 Å². The molecule has 1 aliphatic rings. The summed E-state index contributed by atoms with van der Waals surface area (Å²) in [6.45, 7) is 2.82. The van der Waals surface area contributed by atoms with E-state index in [4.69, 9.17) is 0 Å². The first-order valence-corrected chi connectivity index (χ1v) is 8.06. The van der Waals surface area contributed by atoms with Crippen LogP contribution in [-0.4, -0.2) is 51.9 Å². The number of nitrogens with one attached hydrogen (secondary N) is 2. The Morgan fingerprint density at radius 1 is 1.68 bits per heavy atom. The number of carbonyl (C=O) groups is 1. The van der Waals surface area contributed by atoms with E-state index in [1.165, 1.54) is 0 Å². The Hall–Kier alpha value is -1.01. The van der Waals surface area contributed by atoms with Crippen molar-refractivity contribution in [1.29, 1.82) is 0 Å². The van der Waals surface area contributed by atoms with E-state index in [1.54, 1.807) is 18.1 Å². The number of nitrogens with zero attached hydrogens (tertiary/aromatic N) is 2. The van der Waals surface area contributed by atoms with Crippen molar-refractivity contribution in [3.05, 3.63) is 17.7 Å². The summed E-state index contributed by atoms with van der Waals surface area (Å²) in [7, 11) is 1.91. The number of amides is 1. The average molecular weight is 282 g/mol. The van der Waals surface area contributed by atoms with Crippen LogP contribution in [0.1, 0.15) is 24.7 Å². The Bertz CT molecular complexity index is 434. The van der Waals surface area contributed by atoms with Crippen LogP contribution in [0.4, 0.5) is 0 Å². The van der Waals surface area contributed by atoms with Crippen LogP contribution in [0.3, 0.4) is 0 Å². The van der Waals surface area contributed by atoms with Gasteiger partial charge in [-0.2, -0.15) is 11.8 Å². The molecule has 1 aromatic heterocycles. The number of hydrogen-bond acceptors (Lipinski definition) is 4. The van der Waals surface area contributed by atoms with Gasteiger partial charge in [-0.25, -0.2) is 4.98 Å². The van der Waals surface area contributed by atoms with E-state index in [2.05, 4.69) is 28.5 Å². The molecule has 0 spiro atoms. The molecule has 2 N–H and O–H groups in total. The number of thioether (sulfide) groups is 1. The lowest BCUT2D eigenvalue weighted by molar-refractivity contribution is -0.134. The molecule has 19 heavy (non-hydrogen) atoms. The highest BCUT2D eigenvalue weighted by Crippen LogP contribution is 2.16. The van der Waals surface area contributed by atoms with Crippen LogP contribution < -0.4 is 5.32 Å². The second-order valence-electron chi connectivity index (χ2n) is 4.93. The largest absolute Gasteiger partial charge is 0.347 e. The second-order valence-corrected chi connectivity index (χ2v) is 5.84. The van der Waals surface area contributed by atoms with Crippen molar-refractivity contribution in [2.45, 2.75) is 38.4 Å². The Morgan fingerprint density at radius 3 is 3.16 bits per heavy atom. The minimum absolute atomic E-state index is 0.142. The van der Waals surface area contributed by atoms with Crippen molar-refractivity contribution >= 4 is 17.7 Å². The molecule has 0 radical (unpaired) electrons. The van der Waals surface area contributed by atoms with Gasteiger partial charge in [0.05, 0.1) is 23.8 Å². The summed E-state index contributed by atoms with van der Waals surface area (Å²) < 4.78 is 0. The van der Waals surface area contributed by atoms with Crippen LogP contribution in [0.2, 0.25) is 0 Å². The lowest BCUT2D eigenvalue weighted by atomic mass is 10.0. The van der Waals surface area contributed by atoms with Crippen molar-refractivity contribution in [2.75, 3.05) is 19.1 Å². The first-order chi connectivity index (χ1) is 9.17. The van der Waals surface area contributed by atoms with Crippen molar-refractivity contribution in [1.82, 2.24) is 20.2 Å². The second kappa shape index (κ2) is 6.43. The topological polar surface area (TPSA) is 61.0 Å². The summed E-state index contributed by atoms with van der Waals surface area (Å²) in [4.78, 5) is 21.8. The minimum Gasteiger partial charge on any atom is -0.347 e. The van der Waals surface area contributed by atoms with E-state index < -0.39 is 0 Å². The fraction of sp³-hybridized carbons (Fsp3) is 0.692. The zero-order valence-corrected chi connectivity index (χ0v) is 12.6. The summed E-state index contributed by atoms with van der Waals surface area (Å²) >= 11 is 1.79. The normalized spacial score (nSPS) is 19.8. The molecule has 1 aromatic rings. The fourth-order valence-electron chi connectivity index (χ4n) is 2.47. The van der Waals surface area contributed by atoms with Gasteiger partial charge in [-0.3, -0.25) is 10.1 Å². The number of hydrogen-bond donors (Lipinski definition) is 2. The number of aromatic nitrogens is 2. The van der Waals surface area contributed by atoms with Crippen molar-refractivity contribution in [3.8, 4) is 0 Å². The number of carbonyl (C=O) groups excluding carboxylic acids is 1. The molecule has 0 aliphatic carbocycles. The van der Waals surface area contributed by atoms with E-state index >= 15 is 0 Å². The Balaban J connectivity index is 2.00. The molecule has 0 saturated carbocycles. The van der Waals surface area contributed by atoms with Gasteiger partial charge in [0.25, 0.3) is 0 Å². The highest BCUT2D eigenvalue weighted by atomic mass is 32.2. The van der Waals surface area contributed by atoms with Crippen LogP contribution >= 0.6 is 11.8 Å². The SMILES string of the molecule is CCC(CSC)N(C)C(=O)C1Cc2nc[nH]c2CN1. The molecule has 0 aromatic carbocycles. The van der Waals surface area contributed by atoms with Gasteiger partial charge in [0, 0.05) is 31.8 Å². The summed E-state index contributed by atoms with van der Waals surface area (Å²) in [5, 5.41) is 3.29. The highest BCUT2D eigenvalue weighted by Gasteiger charge is 2.30. The monoisotopic (exact) mass is 282 g/mol. The Morgan fingerprint density at radius 2 is 2.47 bits per heavy atom. The maximum Gasteiger partial charge on any atom is 0.240 e. The van der Waals surface area contributed by atoms with Gasteiger partial charge < -0.3 is 9.88 Å². The molecule has 1 amide bonds. The van der Waals surface area contributed by atoms with E-state index in [-0.39, 0.29) is 11.9 Å². The Kier molecular flexibility index (Phi) is 4.87. The van der Waals surface area contributed by atoms with Crippen LogP contribution in [0, 0.1) is 0 Å². The molecule has 1 aliphatic heterocycles. The summed E-state index contributed by atoms with van der Waals surface area (Å²) in [5.74, 6) is 1.16.